The zero-order chi connectivity index (χ0) is 19.8. The van der Waals surface area contributed by atoms with Gasteiger partial charge in [0.2, 0.25) is 5.91 Å². The monoisotopic (exact) mass is 431 g/mol. The Labute approximate surface area is 177 Å². The molecule has 2 fully saturated rings. The first kappa shape index (κ1) is 19.3. The summed E-state index contributed by atoms with van der Waals surface area (Å²) in [5.41, 5.74) is 8.50. The van der Waals surface area contributed by atoms with Crippen LogP contribution in [0.1, 0.15) is 41.3 Å². The topological polar surface area (TPSA) is 91.0 Å². The zero-order valence-corrected chi connectivity index (χ0v) is 17.7. The number of fused-ring (bicyclic) bond motifs is 1. The van der Waals surface area contributed by atoms with Gasteiger partial charge in [0.05, 0.1) is 23.4 Å². The Balaban J connectivity index is 1.55. The van der Waals surface area contributed by atoms with Gasteiger partial charge in [-0.3, -0.25) is 24.8 Å². The molecule has 3 aliphatic heterocycles. The fourth-order valence-electron chi connectivity index (χ4n) is 4.61. The molecule has 0 spiro atoms. The number of carbonyl (C=O) groups excluding carboxylic acids is 1. The summed E-state index contributed by atoms with van der Waals surface area (Å²) in [6, 6.07) is 10.6. The standard InChI is InChI=1S/C20H25N5O2S2/c26-15-11-29-18(14-10-21-23-17(14)12-4-2-1-3-5-12)16-19(22-15)25(24-20(16)27)13-6-8-28-9-7-13/h1-5,13-14,17-18,21,23H,6-11H2,(H,22,26)(H,24,27). The fraction of sp³-hybridized carbons (Fsp3) is 0.500. The van der Waals surface area contributed by atoms with E-state index in [0.717, 1.165) is 36.5 Å². The highest BCUT2D eigenvalue weighted by atomic mass is 32.2. The van der Waals surface area contributed by atoms with Crippen molar-refractivity contribution in [1.82, 2.24) is 20.6 Å². The molecule has 9 heteroatoms. The third-order valence-corrected chi connectivity index (χ3v) is 8.45. The number of carbonyl (C=O) groups is 1. The number of hydrogen-bond donors (Lipinski definition) is 4. The largest absolute Gasteiger partial charge is 0.310 e. The quantitative estimate of drug-likeness (QED) is 0.597. The summed E-state index contributed by atoms with van der Waals surface area (Å²) in [6.07, 6.45) is 2.02. The van der Waals surface area contributed by atoms with E-state index in [1.165, 1.54) is 5.56 Å². The molecule has 0 radical (unpaired) electrons. The molecule has 29 heavy (non-hydrogen) atoms. The van der Waals surface area contributed by atoms with E-state index in [0.29, 0.717) is 11.6 Å². The molecule has 0 bridgehead atoms. The second-order valence-corrected chi connectivity index (χ2v) is 10.1. The number of rotatable bonds is 3. The Kier molecular flexibility index (Phi) is 5.47. The lowest BCUT2D eigenvalue weighted by Gasteiger charge is -2.27. The van der Waals surface area contributed by atoms with Crippen molar-refractivity contribution in [2.24, 2.45) is 5.92 Å². The molecule has 3 aliphatic rings. The minimum Gasteiger partial charge on any atom is -0.310 e. The molecule has 154 valence electrons. The molecule has 5 rings (SSSR count). The highest BCUT2D eigenvalue weighted by molar-refractivity contribution is 8.00. The average molecular weight is 432 g/mol. The summed E-state index contributed by atoms with van der Waals surface area (Å²) in [5.74, 6) is 3.33. The maximum atomic E-state index is 13.1. The molecule has 3 atom stereocenters. The average Bonchev–Trinajstić information content (AvgIpc) is 3.31. The predicted molar refractivity (Wildman–Crippen MR) is 118 cm³/mol. The Hall–Kier alpha value is -1.68. The van der Waals surface area contributed by atoms with Crippen LogP contribution in [0.3, 0.4) is 0 Å². The molecule has 2 aromatic rings. The summed E-state index contributed by atoms with van der Waals surface area (Å²) < 4.78 is 1.95. The third-order valence-electron chi connectivity index (χ3n) is 6.03. The first-order chi connectivity index (χ1) is 14.2. The van der Waals surface area contributed by atoms with E-state index in [-0.39, 0.29) is 34.7 Å². The van der Waals surface area contributed by atoms with Gasteiger partial charge in [-0.2, -0.15) is 11.8 Å². The van der Waals surface area contributed by atoms with Gasteiger partial charge in [0.15, 0.2) is 0 Å². The van der Waals surface area contributed by atoms with E-state index in [1.807, 2.05) is 34.6 Å². The van der Waals surface area contributed by atoms with E-state index in [1.54, 1.807) is 11.8 Å². The number of nitrogens with zero attached hydrogens (tertiary/aromatic N) is 1. The maximum absolute atomic E-state index is 13.1. The lowest BCUT2D eigenvalue weighted by atomic mass is 9.89. The van der Waals surface area contributed by atoms with Crippen LogP contribution in [-0.2, 0) is 4.79 Å². The van der Waals surface area contributed by atoms with Crippen molar-refractivity contribution in [3.05, 3.63) is 51.8 Å². The first-order valence-electron chi connectivity index (χ1n) is 10.1. The second-order valence-electron chi connectivity index (χ2n) is 7.77. The Morgan fingerprint density at radius 1 is 1.07 bits per heavy atom. The minimum atomic E-state index is -0.0726. The molecule has 4 N–H and O–H groups in total. The molecule has 0 saturated carbocycles. The van der Waals surface area contributed by atoms with Gasteiger partial charge in [-0.15, -0.1) is 11.8 Å². The van der Waals surface area contributed by atoms with Crippen molar-refractivity contribution >= 4 is 35.2 Å². The fourth-order valence-corrected chi connectivity index (χ4v) is 6.98. The summed E-state index contributed by atoms with van der Waals surface area (Å²) in [4.78, 5) is 25.6. The second kappa shape index (κ2) is 8.22. The van der Waals surface area contributed by atoms with E-state index < -0.39 is 0 Å². The van der Waals surface area contributed by atoms with Crippen molar-refractivity contribution in [3.63, 3.8) is 0 Å². The van der Waals surface area contributed by atoms with E-state index >= 15 is 0 Å². The smallest absolute Gasteiger partial charge is 0.270 e. The number of benzene rings is 1. The van der Waals surface area contributed by atoms with Crippen molar-refractivity contribution < 1.29 is 4.79 Å². The number of hydrogen-bond acceptors (Lipinski definition) is 6. The molecule has 1 aromatic heterocycles. The predicted octanol–water partition coefficient (Wildman–Crippen LogP) is 2.44. The molecule has 0 aliphatic carbocycles. The van der Waals surface area contributed by atoms with Gasteiger partial charge in [0.25, 0.3) is 5.56 Å². The van der Waals surface area contributed by atoms with Crippen LogP contribution < -0.4 is 21.7 Å². The Morgan fingerprint density at radius 3 is 2.66 bits per heavy atom. The number of hydrazine groups is 1. The maximum Gasteiger partial charge on any atom is 0.270 e. The lowest BCUT2D eigenvalue weighted by molar-refractivity contribution is -0.113. The van der Waals surface area contributed by atoms with Gasteiger partial charge >= 0.3 is 0 Å². The van der Waals surface area contributed by atoms with Crippen molar-refractivity contribution in [2.45, 2.75) is 30.2 Å². The van der Waals surface area contributed by atoms with Crippen LogP contribution in [0.4, 0.5) is 5.82 Å². The Bertz CT molecular complexity index is 938. The molecular weight excluding hydrogens is 406 g/mol. The van der Waals surface area contributed by atoms with Gasteiger partial charge in [-0.05, 0) is 29.9 Å². The number of nitrogens with one attached hydrogen (secondary N) is 4. The Morgan fingerprint density at radius 2 is 1.86 bits per heavy atom. The van der Waals surface area contributed by atoms with Crippen LogP contribution >= 0.6 is 23.5 Å². The summed E-state index contributed by atoms with van der Waals surface area (Å²) in [5, 5.41) is 6.04. The first-order valence-corrected chi connectivity index (χ1v) is 12.3. The third kappa shape index (κ3) is 3.65. The summed E-state index contributed by atoms with van der Waals surface area (Å²) in [6.45, 7) is 0.746. The van der Waals surface area contributed by atoms with Crippen LogP contribution in [0.25, 0.3) is 0 Å². The lowest BCUT2D eigenvalue weighted by Crippen LogP contribution is -2.26. The summed E-state index contributed by atoms with van der Waals surface area (Å²) in [7, 11) is 0. The SMILES string of the molecule is O=C1CSC(C2CNNC2c2ccccc2)c2c(n(C3CCSCC3)[nH]c2=O)N1. The van der Waals surface area contributed by atoms with Gasteiger partial charge in [-0.1, -0.05) is 30.3 Å². The molecule has 2 saturated heterocycles. The number of H-pyrrole nitrogens is 1. The molecule has 1 amide bonds. The van der Waals surface area contributed by atoms with Crippen LogP contribution in [0.2, 0.25) is 0 Å². The molecular formula is C20H25N5O2S2. The number of aromatic amines is 1. The van der Waals surface area contributed by atoms with Crippen LogP contribution in [0.15, 0.2) is 35.1 Å². The number of thioether (sulfide) groups is 2. The van der Waals surface area contributed by atoms with Gasteiger partial charge in [-0.25, -0.2) is 5.43 Å². The van der Waals surface area contributed by atoms with E-state index in [4.69, 9.17) is 0 Å². The highest BCUT2D eigenvalue weighted by Crippen LogP contribution is 2.46. The normalized spacial score (nSPS) is 28.0. The minimum absolute atomic E-state index is 0.0353. The van der Waals surface area contributed by atoms with Gasteiger partial charge < -0.3 is 5.32 Å². The number of amides is 1. The van der Waals surface area contributed by atoms with Crippen LogP contribution in [0, 0.1) is 5.92 Å². The van der Waals surface area contributed by atoms with E-state index in [9.17, 15) is 9.59 Å². The molecule has 1 aromatic carbocycles. The number of anilines is 1. The van der Waals surface area contributed by atoms with Gasteiger partial charge in [0.1, 0.15) is 5.82 Å². The summed E-state index contributed by atoms with van der Waals surface area (Å²) >= 11 is 3.52. The molecule has 3 unspecified atom stereocenters. The zero-order valence-electron chi connectivity index (χ0n) is 16.0. The van der Waals surface area contributed by atoms with Crippen molar-refractivity contribution in [1.29, 1.82) is 0 Å². The van der Waals surface area contributed by atoms with Crippen LogP contribution in [0.5, 0.6) is 0 Å². The molecule has 7 nitrogen and oxygen atoms in total. The van der Waals surface area contributed by atoms with Gasteiger partial charge in [0, 0.05) is 17.7 Å². The van der Waals surface area contributed by atoms with Crippen LogP contribution in [-0.4, -0.2) is 39.5 Å². The van der Waals surface area contributed by atoms with Crippen molar-refractivity contribution in [2.75, 3.05) is 29.1 Å². The van der Waals surface area contributed by atoms with E-state index in [2.05, 4.69) is 33.4 Å². The van der Waals surface area contributed by atoms with Crippen molar-refractivity contribution in [3.8, 4) is 0 Å². The highest BCUT2D eigenvalue weighted by Gasteiger charge is 2.41. The molecule has 4 heterocycles. The number of aromatic nitrogens is 2.